The van der Waals surface area contributed by atoms with E-state index in [-0.39, 0.29) is 0 Å². The molecule has 3 heteroatoms. The molecular weight excluding hydrogens is 264 g/mol. The third-order valence-corrected chi connectivity index (χ3v) is 4.82. The maximum Gasteiger partial charge on any atom is 0.0334 e. The minimum absolute atomic E-state index is 0.702. The van der Waals surface area contributed by atoms with Crippen LogP contribution in [0.2, 0.25) is 0 Å². The summed E-state index contributed by atoms with van der Waals surface area (Å²) < 4.78 is 0. The van der Waals surface area contributed by atoms with Gasteiger partial charge in [0, 0.05) is 30.1 Å². The number of rotatable bonds is 10. The summed E-state index contributed by atoms with van der Waals surface area (Å²) in [5.74, 6) is 0.740. The van der Waals surface area contributed by atoms with Crippen LogP contribution in [0.5, 0.6) is 0 Å². The largest absolute Gasteiger partial charge is 0.315 e. The minimum atomic E-state index is 0.702. The fourth-order valence-corrected chi connectivity index (χ4v) is 3.51. The molecule has 0 saturated heterocycles. The fourth-order valence-electron chi connectivity index (χ4n) is 2.80. The van der Waals surface area contributed by atoms with E-state index < -0.39 is 0 Å². The quantitative estimate of drug-likeness (QED) is 0.698. The standard InChI is InChI=1S/C17H30N2S/c1-4-6-16(12-18-11-14(2)3)19(15-8-9-15)13-17-7-5-10-20-17/h5,7,10,14-16,18H,4,6,8-9,11-13H2,1-3H3. The molecule has 0 spiro atoms. The average molecular weight is 295 g/mol. The number of thiophene rings is 1. The summed E-state index contributed by atoms with van der Waals surface area (Å²) in [6.07, 6.45) is 5.39. The van der Waals surface area contributed by atoms with E-state index in [9.17, 15) is 0 Å². The summed E-state index contributed by atoms with van der Waals surface area (Å²) in [7, 11) is 0. The molecule has 1 N–H and O–H groups in total. The zero-order valence-corrected chi connectivity index (χ0v) is 14.1. The van der Waals surface area contributed by atoms with Crippen LogP contribution in [-0.2, 0) is 6.54 Å². The topological polar surface area (TPSA) is 15.3 Å². The van der Waals surface area contributed by atoms with Gasteiger partial charge in [0.25, 0.3) is 0 Å². The Bertz CT molecular complexity index is 357. The fraction of sp³-hybridized carbons (Fsp3) is 0.765. The highest BCUT2D eigenvalue weighted by atomic mass is 32.1. The van der Waals surface area contributed by atoms with Gasteiger partial charge in [0.1, 0.15) is 0 Å². The minimum Gasteiger partial charge on any atom is -0.315 e. The van der Waals surface area contributed by atoms with Crippen molar-refractivity contribution in [2.24, 2.45) is 5.92 Å². The first-order valence-electron chi connectivity index (χ1n) is 8.19. The Balaban J connectivity index is 1.91. The normalized spacial score (nSPS) is 17.1. The Morgan fingerprint density at radius 3 is 2.70 bits per heavy atom. The van der Waals surface area contributed by atoms with Crippen molar-refractivity contribution in [1.82, 2.24) is 10.2 Å². The zero-order chi connectivity index (χ0) is 14.4. The van der Waals surface area contributed by atoms with E-state index in [1.54, 1.807) is 0 Å². The summed E-state index contributed by atoms with van der Waals surface area (Å²) in [6, 6.07) is 6.00. The summed E-state index contributed by atoms with van der Waals surface area (Å²) in [4.78, 5) is 4.28. The third-order valence-electron chi connectivity index (χ3n) is 3.96. The monoisotopic (exact) mass is 294 g/mol. The molecule has 1 unspecified atom stereocenters. The second kappa shape index (κ2) is 8.16. The van der Waals surface area contributed by atoms with Crippen LogP contribution in [0.25, 0.3) is 0 Å². The molecule has 0 bridgehead atoms. The van der Waals surface area contributed by atoms with Gasteiger partial charge in [-0.25, -0.2) is 0 Å². The van der Waals surface area contributed by atoms with Crippen LogP contribution in [0.4, 0.5) is 0 Å². The van der Waals surface area contributed by atoms with Gasteiger partial charge in [0.2, 0.25) is 0 Å². The van der Waals surface area contributed by atoms with Crippen LogP contribution >= 0.6 is 11.3 Å². The second-order valence-corrected chi connectivity index (χ2v) is 7.51. The predicted octanol–water partition coefficient (Wildman–Crippen LogP) is 4.13. The van der Waals surface area contributed by atoms with Gasteiger partial charge in [0.15, 0.2) is 0 Å². The first-order chi connectivity index (χ1) is 9.70. The summed E-state index contributed by atoms with van der Waals surface area (Å²) in [5.41, 5.74) is 0. The molecule has 20 heavy (non-hydrogen) atoms. The number of hydrogen-bond donors (Lipinski definition) is 1. The van der Waals surface area contributed by atoms with Crippen molar-refractivity contribution in [3.8, 4) is 0 Å². The molecule has 1 atom stereocenters. The lowest BCUT2D eigenvalue weighted by atomic mass is 10.1. The smallest absolute Gasteiger partial charge is 0.0334 e. The molecule has 114 valence electrons. The van der Waals surface area contributed by atoms with Gasteiger partial charge in [0.05, 0.1) is 0 Å². The summed E-state index contributed by atoms with van der Waals surface area (Å²) in [6.45, 7) is 10.3. The maximum absolute atomic E-state index is 3.67. The molecule has 1 aliphatic rings. The molecule has 0 radical (unpaired) electrons. The van der Waals surface area contributed by atoms with Gasteiger partial charge in [-0.3, -0.25) is 4.90 Å². The Kier molecular flexibility index (Phi) is 6.53. The van der Waals surface area contributed by atoms with Crippen LogP contribution < -0.4 is 5.32 Å². The van der Waals surface area contributed by atoms with Crippen LogP contribution in [0, 0.1) is 5.92 Å². The molecule has 1 saturated carbocycles. The van der Waals surface area contributed by atoms with Crippen molar-refractivity contribution >= 4 is 11.3 Å². The molecule has 1 aromatic heterocycles. The lowest BCUT2D eigenvalue weighted by Crippen LogP contribution is -2.43. The molecule has 2 nitrogen and oxygen atoms in total. The van der Waals surface area contributed by atoms with E-state index in [1.165, 1.54) is 30.6 Å². The molecular formula is C17H30N2S. The number of nitrogens with zero attached hydrogens (tertiary/aromatic N) is 1. The molecule has 0 amide bonds. The first kappa shape index (κ1) is 16.0. The van der Waals surface area contributed by atoms with Crippen molar-refractivity contribution in [3.63, 3.8) is 0 Å². The highest BCUT2D eigenvalue weighted by Crippen LogP contribution is 2.32. The first-order valence-corrected chi connectivity index (χ1v) is 9.07. The lowest BCUT2D eigenvalue weighted by Gasteiger charge is -2.32. The Labute approximate surface area is 128 Å². The van der Waals surface area contributed by atoms with Gasteiger partial charge < -0.3 is 5.32 Å². The predicted molar refractivity (Wildman–Crippen MR) is 89.3 cm³/mol. The van der Waals surface area contributed by atoms with Crippen LogP contribution in [-0.4, -0.2) is 30.1 Å². The van der Waals surface area contributed by atoms with Crippen LogP contribution in [0.15, 0.2) is 17.5 Å². The highest BCUT2D eigenvalue weighted by molar-refractivity contribution is 7.09. The maximum atomic E-state index is 3.67. The molecule has 1 heterocycles. The highest BCUT2D eigenvalue weighted by Gasteiger charge is 2.33. The van der Waals surface area contributed by atoms with Crippen molar-refractivity contribution in [1.29, 1.82) is 0 Å². The van der Waals surface area contributed by atoms with Crippen molar-refractivity contribution in [3.05, 3.63) is 22.4 Å². The molecule has 1 aromatic rings. The lowest BCUT2D eigenvalue weighted by molar-refractivity contribution is 0.163. The van der Waals surface area contributed by atoms with E-state index >= 15 is 0 Å². The van der Waals surface area contributed by atoms with E-state index in [4.69, 9.17) is 0 Å². The van der Waals surface area contributed by atoms with Gasteiger partial charge in [-0.05, 0) is 43.2 Å². The van der Waals surface area contributed by atoms with Crippen LogP contribution in [0.1, 0.15) is 51.3 Å². The Morgan fingerprint density at radius 1 is 1.35 bits per heavy atom. The van der Waals surface area contributed by atoms with Crippen molar-refractivity contribution in [2.45, 2.75) is 65.1 Å². The van der Waals surface area contributed by atoms with Gasteiger partial charge >= 0.3 is 0 Å². The van der Waals surface area contributed by atoms with Crippen molar-refractivity contribution in [2.75, 3.05) is 13.1 Å². The Morgan fingerprint density at radius 2 is 2.15 bits per heavy atom. The summed E-state index contributed by atoms with van der Waals surface area (Å²) in [5, 5.41) is 5.87. The molecule has 1 fully saturated rings. The number of nitrogens with one attached hydrogen (secondary N) is 1. The Hall–Kier alpha value is -0.380. The van der Waals surface area contributed by atoms with E-state index in [2.05, 4.69) is 48.5 Å². The van der Waals surface area contributed by atoms with Gasteiger partial charge in [-0.15, -0.1) is 11.3 Å². The van der Waals surface area contributed by atoms with E-state index in [0.717, 1.165) is 31.6 Å². The molecule has 0 aliphatic heterocycles. The number of hydrogen-bond acceptors (Lipinski definition) is 3. The molecule has 1 aliphatic carbocycles. The third kappa shape index (κ3) is 5.19. The average Bonchev–Trinajstić information content (AvgIpc) is 3.12. The van der Waals surface area contributed by atoms with Crippen molar-refractivity contribution < 1.29 is 0 Å². The molecule has 2 rings (SSSR count). The SMILES string of the molecule is CCCC(CNCC(C)C)N(Cc1cccs1)C1CC1. The molecule has 0 aromatic carbocycles. The second-order valence-electron chi connectivity index (χ2n) is 6.48. The van der Waals surface area contributed by atoms with Gasteiger partial charge in [-0.2, -0.15) is 0 Å². The summed E-state index contributed by atoms with van der Waals surface area (Å²) >= 11 is 1.90. The van der Waals surface area contributed by atoms with Crippen LogP contribution in [0.3, 0.4) is 0 Å². The van der Waals surface area contributed by atoms with E-state index in [0.29, 0.717) is 6.04 Å². The van der Waals surface area contributed by atoms with E-state index in [1.807, 2.05) is 11.3 Å². The van der Waals surface area contributed by atoms with Gasteiger partial charge in [-0.1, -0.05) is 33.3 Å². The zero-order valence-electron chi connectivity index (χ0n) is 13.3.